The van der Waals surface area contributed by atoms with Gasteiger partial charge in [0, 0.05) is 18.8 Å². The molecule has 0 aliphatic carbocycles. The number of anilines is 1. The fourth-order valence-electron chi connectivity index (χ4n) is 2.56. The number of hydrogen-bond acceptors (Lipinski definition) is 5. The molecule has 1 aliphatic heterocycles. The number of benzene rings is 2. The van der Waals surface area contributed by atoms with Crippen molar-refractivity contribution in [2.24, 2.45) is 0 Å². The van der Waals surface area contributed by atoms with Crippen LogP contribution in [0.25, 0.3) is 0 Å². The standard InChI is InChI=1S/C19H20N2O5/c1-24-18(22)9-10-21(19(23)20-15-5-3-2-4-6-15)12-14-7-8-16-17(11-14)26-13-25-16/h2-8,11H,9-10,12-13H2,1H3,(H,20,23). The number of amides is 2. The van der Waals surface area contributed by atoms with Crippen LogP contribution in [-0.4, -0.2) is 37.3 Å². The van der Waals surface area contributed by atoms with Crippen molar-refractivity contribution in [3.63, 3.8) is 0 Å². The molecule has 136 valence electrons. The average Bonchev–Trinajstić information content (AvgIpc) is 3.13. The average molecular weight is 356 g/mol. The Balaban J connectivity index is 1.71. The van der Waals surface area contributed by atoms with Crippen molar-refractivity contribution in [2.75, 3.05) is 25.8 Å². The van der Waals surface area contributed by atoms with Crippen LogP contribution in [-0.2, 0) is 16.1 Å². The molecule has 0 bridgehead atoms. The number of ether oxygens (including phenoxy) is 3. The van der Waals surface area contributed by atoms with Crippen LogP contribution in [0.5, 0.6) is 11.5 Å². The number of fused-ring (bicyclic) bond motifs is 1. The van der Waals surface area contributed by atoms with Gasteiger partial charge in [0.1, 0.15) is 0 Å². The summed E-state index contributed by atoms with van der Waals surface area (Å²) in [5, 5.41) is 2.84. The lowest BCUT2D eigenvalue weighted by molar-refractivity contribution is -0.140. The summed E-state index contributed by atoms with van der Waals surface area (Å²) in [5.74, 6) is 0.968. The molecule has 2 amide bonds. The first-order valence-electron chi connectivity index (χ1n) is 8.22. The summed E-state index contributed by atoms with van der Waals surface area (Å²) in [6.07, 6.45) is 0.114. The van der Waals surface area contributed by atoms with Crippen molar-refractivity contribution in [3.05, 3.63) is 54.1 Å². The molecule has 0 aromatic heterocycles. The number of para-hydroxylation sites is 1. The van der Waals surface area contributed by atoms with Gasteiger partial charge in [0.2, 0.25) is 6.79 Å². The lowest BCUT2D eigenvalue weighted by atomic mass is 10.2. The molecular formula is C19H20N2O5. The maximum atomic E-state index is 12.7. The molecule has 2 aromatic carbocycles. The van der Waals surface area contributed by atoms with E-state index in [9.17, 15) is 9.59 Å². The van der Waals surface area contributed by atoms with Gasteiger partial charge in [0.05, 0.1) is 13.5 Å². The summed E-state index contributed by atoms with van der Waals surface area (Å²) < 4.78 is 15.4. The van der Waals surface area contributed by atoms with Crippen LogP contribution < -0.4 is 14.8 Å². The highest BCUT2D eigenvalue weighted by molar-refractivity contribution is 5.89. The molecule has 0 radical (unpaired) electrons. The van der Waals surface area contributed by atoms with Gasteiger partial charge >= 0.3 is 12.0 Å². The molecule has 26 heavy (non-hydrogen) atoms. The first-order chi connectivity index (χ1) is 12.7. The predicted molar refractivity (Wildman–Crippen MR) is 95.1 cm³/mol. The van der Waals surface area contributed by atoms with Crippen molar-refractivity contribution in [1.29, 1.82) is 0 Å². The molecule has 0 spiro atoms. The third kappa shape index (κ3) is 4.44. The number of nitrogens with zero attached hydrogens (tertiary/aromatic N) is 1. The van der Waals surface area contributed by atoms with E-state index in [0.717, 1.165) is 5.56 Å². The van der Waals surface area contributed by atoms with Gasteiger partial charge in [-0.2, -0.15) is 0 Å². The molecule has 1 heterocycles. The van der Waals surface area contributed by atoms with Crippen molar-refractivity contribution in [3.8, 4) is 11.5 Å². The Labute approximate surface area is 151 Å². The van der Waals surface area contributed by atoms with Crippen molar-refractivity contribution in [2.45, 2.75) is 13.0 Å². The van der Waals surface area contributed by atoms with Crippen LogP contribution in [0, 0.1) is 0 Å². The number of nitrogens with one attached hydrogen (secondary N) is 1. The molecule has 7 nitrogen and oxygen atoms in total. The van der Waals surface area contributed by atoms with Crippen LogP contribution in [0.15, 0.2) is 48.5 Å². The van der Waals surface area contributed by atoms with E-state index < -0.39 is 0 Å². The van der Waals surface area contributed by atoms with E-state index in [-0.39, 0.29) is 31.8 Å². The Hall–Kier alpha value is -3.22. The fourth-order valence-corrected chi connectivity index (χ4v) is 2.56. The minimum Gasteiger partial charge on any atom is -0.469 e. The van der Waals surface area contributed by atoms with Gasteiger partial charge in [-0.15, -0.1) is 0 Å². The summed E-state index contributed by atoms with van der Waals surface area (Å²) in [6, 6.07) is 14.4. The molecule has 3 rings (SSSR count). The summed E-state index contributed by atoms with van der Waals surface area (Å²) in [4.78, 5) is 25.7. The minimum absolute atomic E-state index is 0.114. The number of rotatable bonds is 6. The molecule has 7 heteroatoms. The Kier molecular flexibility index (Phi) is 5.58. The number of esters is 1. The largest absolute Gasteiger partial charge is 0.469 e. The van der Waals surface area contributed by atoms with E-state index in [1.165, 1.54) is 7.11 Å². The first-order valence-corrected chi connectivity index (χ1v) is 8.22. The molecule has 2 aromatic rings. The van der Waals surface area contributed by atoms with E-state index in [1.54, 1.807) is 17.0 Å². The van der Waals surface area contributed by atoms with Gasteiger partial charge in [-0.05, 0) is 29.8 Å². The predicted octanol–water partition coefficient (Wildman–Crippen LogP) is 3.01. The van der Waals surface area contributed by atoms with Crippen LogP contribution in [0.2, 0.25) is 0 Å². The topological polar surface area (TPSA) is 77.1 Å². The molecule has 0 saturated heterocycles. The fraction of sp³-hybridized carbons (Fsp3) is 0.263. The van der Waals surface area contributed by atoms with Crippen molar-refractivity contribution in [1.82, 2.24) is 4.90 Å². The monoisotopic (exact) mass is 356 g/mol. The Morgan fingerprint density at radius 2 is 1.88 bits per heavy atom. The molecule has 0 fully saturated rings. The second-order valence-corrected chi connectivity index (χ2v) is 5.73. The highest BCUT2D eigenvalue weighted by Crippen LogP contribution is 2.32. The first kappa shape index (κ1) is 17.6. The third-order valence-corrected chi connectivity index (χ3v) is 3.94. The highest BCUT2D eigenvalue weighted by Gasteiger charge is 2.19. The van der Waals surface area contributed by atoms with Gasteiger partial charge < -0.3 is 24.4 Å². The van der Waals surface area contributed by atoms with Gasteiger partial charge in [-0.1, -0.05) is 24.3 Å². The van der Waals surface area contributed by atoms with Crippen LogP contribution in [0.4, 0.5) is 10.5 Å². The SMILES string of the molecule is COC(=O)CCN(Cc1ccc2c(c1)OCO2)C(=O)Nc1ccccc1. The Morgan fingerprint density at radius 1 is 1.12 bits per heavy atom. The second-order valence-electron chi connectivity index (χ2n) is 5.73. The lowest BCUT2D eigenvalue weighted by Gasteiger charge is -2.23. The molecular weight excluding hydrogens is 336 g/mol. The second kappa shape index (κ2) is 8.24. The minimum atomic E-state index is -0.367. The number of carbonyl (C=O) groups excluding carboxylic acids is 2. The maximum absolute atomic E-state index is 12.7. The van der Waals surface area contributed by atoms with Gasteiger partial charge in [-0.3, -0.25) is 4.79 Å². The van der Waals surface area contributed by atoms with Crippen LogP contribution in [0.1, 0.15) is 12.0 Å². The zero-order chi connectivity index (χ0) is 18.4. The van der Waals surface area contributed by atoms with E-state index >= 15 is 0 Å². The van der Waals surface area contributed by atoms with Gasteiger partial charge in [-0.25, -0.2) is 4.79 Å². The molecule has 0 saturated carbocycles. The van der Waals surface area contributed by atoms with E-state index in [4.69, 9.17) is 9.47 Å². The summed E-state index contributed by atoms with van der Waals surface area (Å²) in [6.45, 7) is 0.755. The summed E-state index contributed by atoms with van der Waals surface area (Å²) in [7, 11) is 1.33. The number of methoxy groups -OCH3 is 1. The quantitative estimate of drug-likeness (QED) is 0.805. The zero-order valence-corrected chi connectivity index (χ0v) is 14.4. The molecule has 0 atom stereocenters. The number of urea groups is 1. The molecule has 1 N–H and O–H groups in total. The van der Waals surface area contributed by atoms with Gasteiger partial charge in [0.25, 0.3) is 0 Å². The molecule has 0 unspecified atom stereocenters. The van der Waals surface area contributed by atoms with Crippen molar-refractivity contribution < 1.29 is 23.8 Å². The van der Waals surface area contributed by atoms with E-state index in [2.05, 4.69) is 10.1 Å². The number of carbonyl (C=O) groups is 2. The maximum Gasteiger partial charge on any atom is 0.322 e. The highest BCUT2D eigenvalue weighted by atomic mass is 16.7. The van der Waals surface area contributed by atoms with E-state index in [0.29, 0.717) is 23.7 Å². The van der Waals surface area contributed by atoms with E-state index in [1.807, 2.05) is 36.4 Å². The molecule has 1 aliphatic rings. The Bertz CT molecular complexity index is 779. The zero-order valence-electron chi connectivity index (χ0n) is 14.4. The van der Waals surface area contributed by atoms with Crippen molar-refractivity contribution >= 4 is 17.7 Å². The van der Waals surface area contributed by atoms with Gasteiger partial charge in [0.15, 0.2) is 11.5 Å². The lowest BCUT2D eigenvalue weighted by Crippen LogP contribution is -2.36. The summed E-state index contributed by atoms with van der Waals surface area (Å²) in [5.41, 5.74) is 1.56. The normalized spacial score (nSPS) is 11.7. The Morgan fingerprint density at radius 3 is 2.65 bits per heavy atom. The van der Waals surface area contributed by atoms with Crippen LogP contribution >= 0.6 is 0 Å². The smallest absolute Gasteiger partial charge is 0.322 e. The van der Waals surface area contributed by atoms with Crippen LogP contribution in [0.3, 0.4) is 0 Å². The summed E-state index contributed by atoms with van der Waals surface area (Å²) >= 11 is 0. The number of hydrogen-bond donors (Lipinski definition) is 1. The third-order valence-electron chi connectivity index (χ3n) is 3.94.